The van der Waals surface area contributed by atoms with E-state index in [2.05, 4.69) is 4.72 Å². The van der Waals surface area contributed by atoms with Crippen LogP contribution in [0.1, 0.15) is 37.7 Å². The molecule has 0 spiro atoms. The molecule has 0 amide bonds. The fraction of sp³-hybridized carbons (Fsp3) is 0.647. The molecular weight excluding hydrogens is 317 g/mol. The van der Waals surface area contributed by atoms with E-state index in [-0.39, 0.29) is 22.9 Å². The average Bonchev–Trinajstić information content (AvgIpc) is 2.48. The van der Waals surface area contributed by atoms with Crippen molar-refractivity contribution in [3.63, 3.8) is 0 Å². The summed E-state index contributed by atoms with van der Waals surface area (Å²) in [4.78, 5) is 0. The van der Waals surface area contributed by atoms with Crippen molar-refractivity contribution in [1.29, 1.82) is 0 Å². The van der Waals surface area contributed by atoms with Gasteiger partial charge in [-0.2, -0.15) is 0 Å². The van der Waals surface area contributed by atoms with Gasteiger partial charge in [-0.05, 0) is 49.3 Å². The zero-order valence-electron chi connectivity index (χ0n) is 13.3. The van der Waals surface area contributed by atoms with Gasteiger partial charge in [0.15, 0.2) is 0 Å². The predicted octanol–water partition coefficient (Wildman–Crippen LogP) is 2.59. The van der Waals surface area contributed by atoms with E-state index in [1.54, 1.807) is 12.1 Å². The molecule has 1 aromatic carbocycles. The molecule has 2 fully saturated rings. The number of benzene rings is 1. The molecule has 0 atom stereocenters. The molecule has 1 N–H and O–H groups in total. The summed E-state index contributed by atoms with van der Waals surface area (Å²) in [6, 6.07) is 6.46. The molecule has 1 saturated heterocycles. The number of hydrogen-bond acceptors (Lipinski definition) is 3. The highest BCUT2D eigenvalue weighted by Gasteiger charge is 2.39. The summed E-state index contributed by atoms with van der Waals surface area (Å²) in [6.07, 6.45) is 4.59. The van der Waals surface area contributed by atoms with E-state index in [1.807, 2.05) is 0 Å². The van der Waals surface area contributed by atoms with Crippen molar-refractivity contribution in [2.45, 2.75) is 37.5 Å². The SMILES string of the molecule is O=S(=O)(CC1CCOCC1)NCC1(c2ccc(F)cc2)CCC1. The third-order valence-electron chi connectivity index (χ3n) is 5.19. The van der Waals surface area contributed by atoms with E-state index >= 15 is 0 Å². The first-order valence-electron chi connectivity index (χ1n) is 8.30. The van der Waals surface area contributed by atoms with Crippen molar-refractivity contribution in [1.82, 2.24) is 4.72 Å². The van der Waals surface area contributed by atoms with Crippen molar-refractivity contribution >= 4 is 10.0 Å². The predicted molar refractivity (Wildman–Crippen MR) is 87.3 cm³/mol. The van der Waals surface area contributed by atoms with E-state index in [4.69, 9.17) is 4.74 Å². The van der Waals surface area contributed by atoms with Gasteiger partial charge in [0.25, 0.3) is 0 Å². The van der Waals surface area contributed by atoms with Crippen LogP contribution in [-0.4, -0.2) is 33.9 Å². The molecule has 128 valence electrons. The summed E-state index contributed by atoms with van der Waals surface area (Å²) in [5.41, 5.74) is 0.857. The molecule has 0 aromatic heterocycles. The first kappa shape index (κ1) is 16.9. The first-order valence-corrected chi connectivity index (χ1v) is 9.96. The van der Waals surface area contributed by atoms with Gasteiger partial charge in [-0.15, -0.1) is 0 Å². The van der Waals surface area contributed by atoms with Crippen LogP contribution >= 0.6 is 0 Å². The maximum atomic E-state index is 13.1. The van der Waals surface area contributed by atoms with Crippen LogP contribution in [-0.2, 0) is 20.2 Å². The lowest BCUT2D eigenvalue weighted by Gasteiger charge is -2.42. The van der Waals surface area contributed by atoms with Crippen LogP contribution in [0.4, 0.5) is 4.39 Å². The Kier molecular flexibility index (Phi) is 5.04. The average molecular weight is 341 g/mol. The minimum Gasteiger partial charge on any atom is -0.381 e. The highest BCUT2D eigenvalue weighted by Crippen LogP contribution is 2.43. The quantitative estimate of drug-likeness (QED) is 0.865. The van der Waals surface area contributed by atoms with Crippen molar-refractivity contribution in [3.8, 4) is 0 Å². The molecule has 1 aliphatic carbocycles. The summed E-state index contributed by atoms with van der Waals surface area (Å²) >= 11 is 0. The van der Waals surface area contributed by atoms with Gasteiger partial charge in [-0.3, -0.25) is 0 Å². The number of rotatable bonds is 6. The molecule has 1 saturated carbocycles. The van der Waals surface area contributed by atoms with Gasteiger partial charge in [-0.1, -0.05) is 18.6 Å². The van der Waals surface area contributed by atoms with E-state index < -0.39 is 10.0 Å². The molecule has 0 unspecified atom stereocenters. The fourth-order valence-electron chi connectivity index (χ4n) is 3.50. The van der Waals surface area contributed by atoms with Crippen LogP contribution < -0.4 is 4.72 Å². The minimum absolute atomic E-state index is 0.170. The van der Waals surface area contributed by atoms with Crippen molar-refractivity contribution < 1.29 is 17.5 Å². The number of hydrogen-bond donors (Lipinski definition) is 1. The number of sulfonamides is 1. The van der Waals surface area contributed by atoms with Crippen LogP contribution in [0.2, 0.25) is 0 Å². The van der Waals surface area contributed by atoms with Crippen LogP contribution in [0.25, 0.3) is 0 Å². The lowest BCUT2D eigenvalue weighted by atomic mass is 9.64. The molecule has 1 aliphatic heterocycles. The van der Waals surface area contributed by atoms with E-state index in [1.165, 1.54) is 12.1 Å². The largest absolute Gasteiger partial charge is 0.381 e. The van der Waals surface area contributed by atoms with E-state index in [0.717, 1.165) is 37.7 Å². The Morgan fingerprint density at radius 1 is 1.17 bits per heavy atom. The van der Waals surface area contributed by atoms with Crippen LogP contribution in [0.3, 0.4) is 0 Å². The summed E-state index contributed by atoms with van der Waals surface area (Å²) in [5.74, 6) is 0.100. The minimum atomic E-state index is -3.29. The van der Waals surface area contributed by atoms with Gasteiger partial charge in [0.2, 0.25) is 10.0 Å². The summed E-state index contributed by atoms with van der Waals surface area (Å²) in [7, 11) is -3.29. The Balaban J connectivity index is 1.62. The smallest absolute Gasteiger partial charge is 0.211 e. The Morgan fingerprint density at radius 3 is 2.39 bits per heavy atom. The first-order chi connectivity index (χ1) is 11.0. The molecule has 3 rings (SSSR count). The second-order valence-corrected chi connectivity index (χ2v) is 8.65. The number of nitrogens with one attached hydrogen (secondary N) is 1. The van der Waals surface area contributed by atoms with Crippen molar-refractivity contribution in [2.75, 3.05) is 25.5 Å². The third-order valence-corrected chi connectivity index (χ3v) is 6.69. The summed E-state index contributed by atoms with van der Waals surface area (Å²) in [5, 5.41) is 0. The molecule has 23 heavy (non-hydrogen) atoms. The highest BCUT2D eigenvalue weighted by atomic mass is 32.2. The highest BCUT2D eigenvalue weighted by molar-refractivity contribution is 7.89. The third kappa shape index (κ3) is 4.11. The molecule has 2 aliphatic rings. The molecule has 0 bridgehead atoms. The molecule has 1 heterocycles. The van der Waals surface area contributed by atoms with Gasteiger partial charge >= 0.3 is 0 Å². The van der Waals surface area contributed by atoms with Gasteiger partial charge in [0.05, 0.1) is 5.75 Å². The Bertz CT molecular complexity index is 620. The maximum absolute atomic E-state index is 13.1. The van der Waals surface area contributed by atoms with E-state index in [9.17, 15) is 12.8 Å². The zero-order chi connectivity index (χ0) is 16.3. The fourth-order valence-corrected chi connectivity index (χ4v) is 5.07. The van der Waals surface area contributed by atoms with Gasteiger partial charge < -0.3 is 4.74 Å². The van der Waals surface area contributed by atoms with Gasteiger partial charge in [0, 0.05) is 25.2 Å². The Morgan fingerprint density at radius 2 is 1.83 bits per heavy atom. The topological polar surface area (TPSA) is 55.4 Å². The van der Waals surface area contributed by atoms with Gasteiger partial charge in [0.1, 0.15) is 5.82 Å². The number of ether oxygens (including phenoxy) is 1. The van der Waals surface area contributed by atoms with E-state index in [0.29, 0.717) is 19.8 Å². The maximum Gasteiger partial charge on any atom is 0.211 e. The summed E-state index contributed by atoms with van der Waals surface area (Å²) in [6.45, 7) is 1.71. The summed E-state index contributed by atoms with van der Waals surface area (Å²) < 4.78 is 45.9. The van der Waals surface area contributed by atoms with Crippen molar-refractivity contribution in [3.05, 3.63) is 35.6 Å². The molecule has 6 heteroatoms. The second-order valence-electron chi connectivity index (χ2n) is 6.80. The lowest BCUT2D eigenvalue weighted by molar-refractivity contribution is 0.0722. The number of halogens is 1. The van der Waals surface area contributed by atoms with Crippen LogP contribution in [0.5, 0.6) is 0 Å². The molecule has 1 aromatic rings. The molecule has 0 radical (unpaired) electrons. The standard InChI is InChI=1S/C17H24FNO3S/c18-16-4-2-15(3-5-16)17(8-1-9-17)13-19-23(20,21)12-14-6-10-22-11-7-14/h2-5,14,19H,1,6-13H2. The van der Waals surface area contributed by atoms with Crippen LogP contribution in [0.15, 0.2) is 24.3 Å². The normalized spacial score (nSPS) is 21.8. The molecule has 4 nitrogen and oxygen atoms in total. The second kappa shape index (κ2) is 6.87. The van der Waals surface area contributed by atoms with Crippen molar-refractivity contribution in [2.24, 2.45) is 5.92 Å². The molecular formula is C17H24FNO3S. The monoisotopic (exact) mass is 341 g/mol. The Labute approximate surface area is 137 Å². The van der Waals surface area contributed by atoms with Crippen LogP contribution in [0, 0.1) is 11.7 Å². The zero-order valence-corrected chi connectivity index (χ0v) is 14.1. The van der Waals surface area contributed by atoms with Gasteiger partial charge in [-0.25, -0.2) is 17.5 Å². The Hall–Kier alpha value is -0.980. The lowest BCUT2D eigenvalue weighted by Crippen LogP contribution is -2.46.